The summed E-state index contributed by atoms with van der Waals surface area (Å²) in [6, 6.07) is 8.91. The van der Waals surface area contributed by atoms with Crippen molar-refractivity contribution >= 4 is 11.4 Å². The predicted molar refractivity (Wildman–Crippen MR) is 91.0 cm³/mol. The molecule has 3 rings (SSSR count). The van der Waals surface area contributed by atoms with Crippen LogP contribution in [0.4, 0.5) is 15.8 Å². The fourth-order valence-electron chi connectivity index (χ4n) is 2.57. The zero-order chi connectivity index (χ0) is 19.6. The van der Waals surface area contributed by atoms with Gasteiger partial charge < -0.3 is 30.1 Å². The van der Waals surface area contributed by atoms with Gasteiger partial charge in [0.25, 0.3) is 5.69 Å². The van der Waals surface area contributed by atoms with Gasteiger partial charge in [-0.15, -0.1) is 0 Å². The lowest BCUT2D eigenvalue weighted by atomic mass is 10.0. The number of benzene rings is 2. The highest BCUT2D eigenvalue weighted by molar-refractivity contribution is 5.57. The smallest absolute Gasteiger partial charge is 0.275 e. The summed E-state index contributed by atoms with van der Waals surface area (Å²) in [5, 5.41) is 43.1. The summed E-state index contributed by atoms with van der Waals surface area (Å²) < 4.78 is 23.7. The minimum atomic E-state index is -1.45. The Morgan fingerprint density at radius 3 is 2.48 bits per heavy atom. The Balaban J connectivity index is 1.83. The van der Waals surface area contributed by atoms with Crippen molar-refractivity contribution in [1.82, 2.24) is 0 Å². The van der Waals surface area contributed by atoms with Crippen LogP contribution in [0, 0.1) is 15.9 Å². The maximum atomic E-state index is 13.0. The zero-order valence-corrected chi connectivity index (χ0v) is 13.9. The van der Waals surface area contributed by atoms with Gasteiger partial charge in [-0.3, -0.25) is 10.1 Å². The third-order valence-electron chi connectivity index (χ3n) is 3.96. The summed E-state index contributed by atoms with van der Waals surface area (Å²) >= 11 is 0. The first kappa shape index (κ1) is 19.0. The molecule has 0 aliphatic carbocycles. The summed E-state index contributed by atoms with van der Waals surface area (Å²) in [5.41, 5.74) is -0.100. The molecular weight excluding hydrogens is 363 g/mol. The normalized spacial score (nSPS) is 25.0. The maximum absolute atomic E-state index is 13.0. The molecule has 1 aliphatic heterocycles. The van der Waals surface area contributed by atoms with Crippen LogP contribution in [0.15, 0.2) is 42.5 Å². The van der Waals surface area contributed by atoms with Crippen molar-refractivity contribution in [2.75, 3.05) is 11.9 Å². The molecule has 27 heavy (non-hydrogen) atoms. The molecule has 1 heterocycles. The monoisotopic (exact) mass is 380 g/mol. The Labute approximate surface area is 152 Å². The van der Waals surface area contributed by atoms with Crippen molar-refractivity contribution in [3.8, 4) is 11.5 Å². The van der Waals surface area contributed by atoms with Crippen LogP contribution in [0.3, 0.4) is 0 Å². The first-order valence-electron chi connectivity index (χ1n) is 7.99. The lowest BCUT2D eigenvalue weighted by molar-refractivity contribution is -0.384. The summed E-state index contributed by atoms with van der Waals surface area (Å²) in [6.07, 6.45) is -5.20. The van der Waals surface area contributed by atoms with E-state index in [1.54, 1.807) is 0 Å². The Morgan fingerprint density at radius 1 is 1.11 bits per heavy atom. The molecule has 0 amide bonds. The summed E-state index contributed by atoms with van der Waals surface area (Å²) in [6.45, 7) is -0.218. The Kier molecular flexibility index (Phi) is 5.51. The number of ether oxygens (including phenoxy) is 2. The molecular formula is C17H17FN2O7. The van der Waals surface area contributed by atoms with E-state index in [-0.39, 0.29) is 29.5 Å². The van der Waals surface area contributed by atoms with Crippen LogP contribution >= 0.6 is 0 Å². The fraction of sp³-hybridized carbons (Fsp3) is 0.294. The van der Waals surface area contributed by atoms with E-state index < -0.39 is 35.3 Å². The number of non-ortho nitro benzene ring substituents is 1. The summed E-state index contributed by atoms with van der Waals surface area (Å²) in [7, 11) is 0. The third-order valence-corrected chi connectivity index (χ3v) is 3.96. The van der Waals surface area contributed by atoms with Crippen molar-refractivity contribution in [2.24, 2.45) is 0 Å². The molecule has 0 aromatic heterocycles. The predicted octanol–water partition coefficient (Wildman–Crippen LogP) is 1.38. The van der Waals surface area contributed by atoms with Crippen molar-refractivity contribution in [1.29, 1.82) is 0 Å². The number of nitro benzene ring substituents is 1. The van der Waals surface area contributed by atoms with E-state index in [1.807, 2.05) is 0 Å². The van der Waals surface area contributed by atoms with Crippen LogP contribution in [0.25, 0.3) is 0 Å². The zero-order valence-electron chi connectivity index (χ0n) is 13.9. The van der Waals surface area contributed by atoms with Gasteiger partial charge in [-0.25, -0.2) is 4.39 Å². The highest BCUT2D eigenvalue weighted by Gasteiger charge is 2.37. The highest BCUT2D eigenvalue weighted by Crippen LogP contribution is 2.31. The van der Waals surface area contributed by atoms with Gasteiger partial charge in [0, 0.05) is 17.8 Å². The SMILES string of the molecule is O=[N+]([O-])c1cc(N[C@@H]2OC[C@H](O)[C@H](O)[C@@H]2O)cc(Oc2ccc(F)cc2)c1. The van der Waals surface area contributed by atoms with Crippen LogP contribution in [0.1, 0.15) is 0 Å². The number of aliphatic hydroxyl groups excluding tert-OH is 3. The number of hydrogen-bond donors (Lipinski definition) is 4. The molecule has 1 saturated heterocycles. The second-order valence-corrected chi connectivity index (χ2v) is 5.98. The van der Waals surface area contributed by atoms with Crippen LogP contribution in [0.2, 0.25) is 0 Å². The average molecular weight is 380 g/mol. The van der Waals surface area contributed by atoms with Gasteiger partial charge in [-0.05, 0) is 24.3 Å². The topological polar surface area (TPSA) is 134 Å². The largest absolute Gasteiger partial charge is 0.457 e. The Hall–Kier alpha value is -2.79. The molecule has 9 nitrogen and oxygen atoms in total. The minimum absolute atomic E-state index is 0.101. The number of halogens is 1. The summed E-state index contributed by atoms with van der Waals surface area (Å²) in [5.74, 6) is -0.0764. The van der Waals surface area contributed by atoms with E-state index in [9.17, 15) is 29.8 Å². The standard InChI is InChI=1S/C17H17FN2O7/c18-9-1-3-12(4-2-9)27-13-6-10(5-11(7-13)20(24)25)19-17-16(23)15(22)14(21)8-26-17/h1-7,14-17,19,21-23H,8H2/t14-,15-,16-,17+/m0/s1. The number of nitrogens with one attached hydrogen (secondary N) is 1. The van der Waals surface area contributed by atoms with Crippen molar-refractivity contribution in [3.05, 3.63) is 58.4 Å². The molecule has 2 aromatic carbocycles. The number of aliphatic hydroxyl groups is 3. The van der Waals surface area contributed by atoms with E-state index in [1.165, 1.54) is 42.5 Å². The van der Waals surface area contributed by atoms with E-state index in [0.29, 0.717) is 0 Å². The second-order valence-electron chi connectivity index (χ2n) is 5.98. The Bertz CT molecular complexity index is 817. The van der Waals surface area contributed by atoms with Gasteiger partial charge in [0.05, 0.1) is 17.6 Å². The van der Waals surface area contributed by atoms with Crippen molar-refractivity contribution in [2.45, 2.75) is 24.5 Å². The molecule has 10 heteroatoms. The second kappa shape index (κ2) is 7.84. The van der Waals surface area contributed by atoms with E-state index in [4.69, 9.17) is 9.47 Å². The van der Waals surface area contributed by atoms with Crippen LogP contribution in [-0.2, 0) is 4.74 Å². The molecule has 0 saturated carbocycles. The molecule has 0 unspecified atom stereocenters. The van der Waals surface area contributed by atoms with Gasteiger partial charge in [-0.2, -0.15) is 0 Å². The maximum Gasteiger partial charge on any atom is 0.275 e. The molecule has 0 bridgehead atoms. The molecule has 4 N–H and O–H groups in total. The summed E-state index contributed by atoms with van der Waals surface area (Å²) in [4.78, 5) is 10.5. The van der Waals surface area contributed by atoms with Gasteiger partial charge in [0.15, 0.2) is 6.23 Å². The molecule has 2 aromatic rings. The van der Waals surface area contributed by atoms with E-state index >= 15 is 0 Å². The number of hydrogen-bond acceptors (Lipinski definition) is 8. The lowest BCUT2D eigenvalue weighted by Gasteiger charge is -2.35. The minimum Gasteiger partial charge on any atom is -0.457 e. The molecule has 144 valence electrons. The fourth-order valence-corrected chi connectivity index (χ4v) is 2.57. The van der Waals surface area contributed by atoms with Gasteiger partial charge in [-0.1, -0.05) is 0 Å². The van der Waals surface area contributed by atoms with Gasteiger partial charge in [0.2, 0.25) is 0 Å². The number of rotatable bonds is 5. The molecule has 1 fully saturated rings. The molecule has 0 radical (unpaired) electrons. The van der Waals surface area contributed by atoms with Crippen molar-refractivity contribution in [3.63, 3.8) is 0 Å². The molecule has 1 aliphatic rings. The van der Waals surface area contributed by atoms with E-state index in [2.05, 4.69) is 5.32 Å². The molecule has 0 spiro atoms. The third kappa shape index (κ3) is 4.49. The first-order chi connectivity index (χ1) is 12.8. The first-order valence-corrected chi connectivity index (χ1v) is 7.99. The van der Waals surface area contributed by atoms with Gasteiger partial charge >= 0.3 is 0 Å². The number of anilines is 1. The van der Waals surface area contributed by atoms with Gasteiger partial charge in [0.1, 0.15) is 35.6 Å². The van der Waals surface area contributed by atoms with Crippen molar-refractivity contribution < 1.29 is 34.1 Å². The lowest BCUT2D eigenvalue weighted by Crippen LogP contribution is -2.55. The number of nitrogens with zero attached hydrogens (tertiary/aromatic N) is 1. The average Bonchev–Trinajstić information content (AvgIpc) is 2.64. The van der Waals surface area contributed by atoms with Crippen LogP contribution < -0.4 is 10.1 Å². The quantitative estimate of drug-likeness (QED) is 0.451. The number of nitro groups is 1. The molecule has 4 atom stereocenters. The van der Waals surface area contributed by atoms with E-state index in [0.717, 1.165) is 0 Å². The van der Waals surface area contributed by atoms with Crippen LogP contribution in [-0.4, -0.2) is 51.4 Å². The highest BCUT2D eigenvalue weighted by atomic mass is 19.1. The van der Waals surface area contributed by atoms with Crippen LogP contribution in [0.5, 0.6) is 11.5 Å². The Morgan fingerprint density at radius 2 is 1.81 bits per heavy atom.